The van der Waals surface area contributed by atoms with Gasteiger partial charge in [-0.25, -0.2) is 0 Å². The maximum absolute atomic E-state index is 12.0. The highest BCUT2D eigenvalue weighted by Gasteiger charge is 2.31. The predicted octanol–water partition coefficient (Wildman–Crippen LogP) is 1.94. The Kier molecular flexibility index (Phi) is 3.89. The van der Waals surface area contributed by atoms with Crippen LogP contribution in [-0.2, 0) is 0 Å². The molecule has 1 atom stereocenters. The summed E-state index contributed by atoms with van der Waals surface area (Å²) in [4.78, 5) is 13.9. The second kappa shape index (κ2) is 5.21. The topological polar surface area (TPSA) is 55.1 Å². The Morgan fingerprint density at radius 2 is 2.50 bits per heavy atom. The molecular weight excluding hydrogens is 240 g/mol. The molecule has 0 aromatic carbocycles. The zero-order chi connectivity index (χ0) is 11.5. The van der Waals surface area contributed by atoms with Crippen molar-refractivity contribution >= 4 is 29.0 Å². The van der Waals surface area contributed by atoms with E-state index in [0.717, 1.165) is 9.77 Å². The SMILES string of the molecule is CSc1ccsc1C(=O)NC(CN)C1CC1. The van der Waals surface area contributed by atoms with Crippen LogP contribution in [0.25, 0.3) is 0 Å². The normalized spacial score (nSPS) is 17.1. The molecule has 0 saturated heterocycles. The Hall–Kier alpha value is -0.520. The fourth-order valence-corrected chi connectivity index (χ4v) is 3.38. The summed E-state index contributed by atoms with van der Waals surface area (Å²) in [7, 11) is 0. The van der Waals surface area contributed by atoms with Crippen LogP contribution in [0.15, 0.2) is 16.3 Å². The summed E-state index contributed by atoms with van der Waals surface area (Å²) in [5, 5.41) is 4.99. The number of thioether (sulfide) groups is 1. The number of carbonyl (C=O) groups is 1. The first-order valence-corrected chi connectivity index (χ1v) is 7.49. The van der Waals surface area contributed by atoms with E-state index in [4.69, 9.17) is 5.73 Å². The van der Waals surface area contributed by atoms with Crippen molar-refractivity contribution in [3.63, 3.8) is 0 Å². The van der Waals surface area contributed by atoms with E-state index < -0.39 is 0 Å². The number of nitrogens with one attached hydrogen (secondary N) is 1. The van der Waals surface area contributed by atoms with Crippen molar-refractivity contribution in [2.24, 2.45) is 11.7 Å². The zero-order valence-corrected chi connectivity index (χ0v) is 10.9. The van der Waals surface area contributed by atoms with E-state index in [9.17, 15) is 4.79 Å². The first-order valence-electron chi connectivity index (χ1n) is 5.38. The van der Waals surface area contributed by atoms with Gasteiger partial charge in [0, 0.05) is 17.5 Å². The molecule has 0 bridgehead atoms. The van der Waals surface area contributed by atoms with Crippen LogP contribution in [0.4, 0.5) is 0 Å². The van der Waals surface area contributed by atoms with Crippen LogP contribution in [0.2, 0.25) is 0 Å². The van der Waals surface area contributed by atoms with Gasteiger partial charge in [-0.05, 0) is 36.5 Å². The third-order valence-corrected chi connectivity index (χ3v) is 4.64. The van der Waals surface area contributed by atoms with Crippen LogP contribution >= 0.6 is 23.1 Å². The number of hydrogen-bond donors (Lipinski definition) is 2. The molecule has 3 nitrogen and oxygen atoms in total. The Labute approximate surface area is 104 Å². The van der Waals surface area contributed by atoms with Gasteiger partial charge >= 0.3 is 0 Å². The Morgan fingerprint density at radius 3 is 3.06 bits per heavy atom. The number of nitrogens with two attached hydrogens (primary N) is 1. The lowest BCUT2D eigenvalue weighted by Gasteiger charge is -2.15. The summed E-state index contributed by atoms with van der Waals surface area (Å²) < 4.78 is 0. The molecule has 16 heavy (non-hydrogen) atoms. The molecule has 0 spiro atoms. The maximum Gasteiger partial charge on any atom is 0.262 e. The van der Waals surface area contributed by atoms with Gasteiger partial charge in [0.15, 0.2) is 0 Å². The Balaban J connectivity index is 2.01. The number of rotatable bonds is 5. The lowest BCUT2D eigenvalue weighted by atomic mass is 10.2. The van der Waals surface area contributed by atoms with Gasteiger partial charge in [-0.2, -0.15) is 0 Å². The van der Waals surface area contributed by atoms with E-state index in [1.165, 1.54) is 24.2 Å². The number of hydrogen-bond acceptors (Lipinski definition) is 4. The number of carbonyl (C=O) groups excluding carboxylic acids is 1. The molecule has 2 rings (SSSR count). The summed E-state index contributed by atoms with van der Waals surface area (Å²) in [5.74, 6) is 0.633. The van der Waals surface area contributed by atoms with Gasteiger partial charge in [-0.1, -0.05) is 0 Å². The molecule has 0 radical (unpaired) electrons. The van der Waals surface area contributed by atoms with Gasteiger partial charge in [0.05, 0.1) is 0 Å². The molecule has 3 N–H and O–H groups in total. The van der Waals surface area contributed by atoms with Crippen LogP contribution in [0.5, 0.6) is 0 Å². The highest BCUT2D eigenvalue weighted by atomic mass is 32.2. The lowest BCUT2D eigenvalue weighted by molar-refractivity contribution is 0.0935. The zero-order valence-electron chi connectivity index (χ0n) is 9.23. The van der Waals surface area contributed by atoms with E-state index >= 15 is 0 Å². The summed E-state index contributed by atoms with van der Waals surface area (Å²) in [6.07, 6.45) is 4.38. The van der Waals surface area contributed by atoms with Crippen molar-refractivity contribution in [1.29, 1.82) is 0 Å². The first kappa shape index (κ1) is 12.0. The van der Waals surface area contributed by atoms with E-state index in [-0.39, 0.29) is 11.9 Å². The molecule has 88 valence electrons. The Morgan fingerprint density at radius 1 is 1.75 bits per heavy atom. The minimum atomic E-state index is 0.0294. The van der Waals surface area contributed by atoms with E-state index in [0.29, 0.717) is 12.5 Å². The average Bonchev–Trinajstić information content (AvgIpc) is 3.02. The lowest BCUT2D eigenvalue weighted by Crippen LogP contribution is -2.41. The minimum Gasteiger partial charge on any atom is -0.347 e. The van der Waals surface area contributed by atoms with Gasteiger partial charge in [-0.15, -0.1) is 23.1 Å². The Bertz CT molecular complexity index is 374. The molecule has 0 aliphatic heterocycles. The van der Waals surface area contributed by atoms with Crippen LogP contribution < -0.4 is 11.1 Å². The number of amides is 1. The maximum atomic E-state index is 12.0. The monoisotopic (exact) mass is 256 g/mol. The molecule has 1 saturated carbocycles. The molecule has 1 amide bonds. The van der Waals surface area contributed by atoms with Crippen molar-refractivity contribution in [2.45, 2.75) is 23.8 Å². The van der Waals surface area contributed by atoms with Crippen LogP contribution in [-0.4, -0.2) is 24.7 Å². The van der Waals surface area contributed by atoms with Crippen molar-refractivity contribution in [3.8, 4) is 0 Å². The molecule has 1 unspecified atom stereocenters. The van der Waals surface area contributed by atoms with Gasteiger partial charge < -0.3 is 11.1 Å². The average molecular weight is 256 g/mol. The summed E-state index contributed by atoms with van der Waals surface area (Å²) >= 11 is 3.10. The van der Waals surface area contributed by atoms with E-state index in [1.54, 1.807) is 11.8 Å². The largest absolute Gasteiger partial charge is 0.347 e. The van der Waals surface area contributed by atoms with Gasteiger partial charge in [0.25, 0.3) is 5.91 Å². The molecular formula is C11H16N2OS2. The summed E-state index contributed by atoms with van der Waals surface area (Å²) in [5.41, 5.74) is 5.67. The first-order chi connectivity index (χ1) is 7.76. The molecule has 5 heteroatoms. The minimum absolute atomic E-state index is 0.0294. The summed E-state index contributed by atoms with van der Waals surface area (Å²) in [6, 6.07) is 2.14. The highest BCUT2D eigenvalue weighted by molar-refractivity contribution is 7.98. The van der Waals surface area contributed by atoms with E-state index in [2.05, 4.69) is 5.32 Å². The van der Waals surface area contributed by atoms with Gasteiger partial charge in [0.2, 0.25) is 0 Å². The van der Waals surface area contributed by atoms with Crippen LogP contribution in [0.3, 0.4) is 0 Å². The molecule has 1 heterocycles. The van der Waals surface area contributed by atoms with Crippen LogP contribution in [0, 0.1) is 5.92 Å². The quantitative estimate of drug-likeness (QED) is 0.792. The standard InChI is InChI=1S/C11H16N2OS2/c1-15-9-4-5-16-10(9)11(14)13-8(6-12)7-2-3-7/h4-5,7-8H,2-3,6,12H2,1H3,(H,13,14). The molecule has 1 aromatic heterocycles. The summed E-state index contributed by atoms with van der Waals surface area (Å²) in [6.45, 7) is 0.538. The smallest absolute Gasteiger partial charge is 0.262 e. The fourth-order valence-electron chi connectivity index (χ4n) is 1.73. The predicted molar refractivity (Wildman–Crippen MR) is 69.1 cm³/mol. The van der Waals surface area contributed by atoms with Crippen molar-refractivity contribution in [2.75, 3.05) is 12.8 Å². The van der Waals surface area contributed by atoms with Gasteiger partial charge in [-0.3, -0.25) is 4.79 Å². The highest BCUT2D eigenvalue weighted by Crippen LogP contribution is 2.33. The van der Waals surface area contributed by atoms with E-state index in [1.807, 2.05) is 17.7 Å². The molecule has 1 aliphatic rings. The molecule has 1 aliphatic carbocycles. The van der Waals surface area contributed by atoms with Crippen molar-refractivity contribution < 1.29 is 4.79 Å². The van der Waals surface area contributed by atoms with Crippen molar-refractivity contribution in [3.05, 3.63) is 16.3 Å². The van der Waals surface area contributed by atoms with Crippen LogP contribution in [0.1, 0.15) is 22.5 Å². The second-order valence-corrected chi connectivity index (χ2v) is 5.74. The molecule has 1 aromatic rings. The van der Waals surface area contributed by atoms with Gasteiger partial charge in [0.1, 0.15) is 4.88 Å². The third kappa shape index (κ3) is 2.59. The third-order valence-electron chi connectivity index (χ3n) is 2.82. The number of thiophene rings is 1. The van der Waals surface area contributed by atoms with Crippen molar-refractivity contribution in [1.82, 2.24) is 5.32 Å². The fraction of sp³-hybridized carbons (Fsp3) is 0.545. The second-order valence-electron chi connectivity index (χ2n) is 3.97. The molecule has 1 fully saturated rings.